The van der Waals surface area contributed by atoms with Crippen LogP contribution in [0.2, 0.25) is 0 Å². The fourth-order valence-corrected chi connectivity index (χ4v) is 5.15. The first-order valence-electron chi connectivity index (χ1n) is 14.6. The maximum atomic E-state index is 14.1. The van der Waals surface area contributed by atoms with Gasteiger partial charge in [-0.05, 0) is 68.8 Å². The molecule has 1 fully saturated rings. The minimum absolute atomic E-state index is 0.0162. The van der Waals surface area contributed by atoms with Gasteiger partial charge in [-0.1, -0.05) is 30.3 Å². The van der Waals surface area contributed by atoms with Crippen LogP contribution in [0.4, 0.5) is 5.69 Å². The molecule has 8 N–H and O–H groups in total. The number of aryl methyl sites for hydroxylation is 1. The van der Waals surface area contributed by atoms with Crippen molar-refractivity contribution < 1.29 is 33.4 Å². The predicted molar refractivity (Wildman–Crippen MR) is 167 cm³/mol. The number of esters is 2. The molecular formula is C31H41N7O7. The number of nitrogens with one attached hydrogen (secondary N) is 2. The topological polar surface area (TPSA) is 222 Å². The zero-order chi connectivity index (χ0) is 33.1. The van der Waals surface area contributed by atoms with Gasteiger partial charge in [-0.3, -0.25) is 24.3 Å². The quantitative estimate of drug-likeness (QED) is 0.0900. The van der Waals surface area contributed by atoms with Crippen LogP contribution < -0.4 is 27.8 Å². The van der Waals surface area contributed by atoms with Crippen LogP contribution in [0.15, 0.2) is 47.5 Å². The summed E-state index contributed by atoms with van der Waals surface area (Å²) < 4.78 is 9.68. The highest BCUT2D eigenvalue weighted by molar-refractivity contribution is 6.09. The first-order valence-corrected chi connectivity index (χ1v) is 14.6. The highest BCUT2D eigenvalue weighted by atomic mass is 16.5. The molecule has 0 bridgehead atoms. The second kappa shape index (κ2) is 16.3. The van der Waals surface area contributed by atoms with Crippen LogP contribution in [0.1, 0.15) is 57.5 Å². The average Bonchev–Trinajstić information content (AvgIpc) is 3.57. The Balaban J connectivity index is 2.06. The van der Waals surface area contributed by atoms with E-state index in [-0.39, 0.29) is 48.6 Å². The molecule has 14 heteroatoms. The minimum Gasteiger partial charge on any atom is -0.465 e. The second-order valence-corrected chi connectivity index (χ2v) is 10.6. The zero-order valence-electron chi connectivity index (χ0n) is 25.7. The SMILES string of the molecule is COC(=O)c1cc(C)c(NC(=O)[C@H](CCCN=C(N)N)N(C(=O)[C@@H]2CCCN2)C(=O)[C@@H](N)Cc2ccccc2)c(C(=O)OC)c1. The Labute approximate surface area is 261 Å². The maximum absolute atomic E-state index is 14.1. The third kappa shape index (κ3) is 9.09. The number of amides is 3. The smallest absolute Gasteiger partial charge is 0.340 e. The van der Waals surface area contributed by atoms with Crippen LogP contribution in [-0.4, -0.2) is 86.0 Å². The van der Waals surface area contributed by atoms with Gasteiger partial charge >= 0.3 is 11.9 Å². The Kier molecular flexibility index (Phi) is 12.6. The second-order valence-electron chi connectivity index (χ2n) is 10.6. The first-order chi connectivity index (χ1) is 21.5. The van der Waals surface area contributed by atoms with E-state index in [0.29, 0.717) is 24.9 Å². The molecule has 1 aliphatic rings. The zero-order valence-corrected chi connectivity index (χ0v) is 25.7. The lowest BCUT2D eigenvalue weighted by Gasteiger charge is -2.33. The molecule has 0 spiro atoms. The van der Waals surface area contributed by atoms with Gasteiger partial charge in [0.05, 0.1) is 43.1 Å². The van der Waals surface area contributed by atoms with Crippen molar-refractivity contribution in [3.63, 3.8) is 0 Å². The summed E-state index contributed by atoms with van der Waals surface area (Å²) in [5, 5.41) is 5.81. The van der Waals surface area contributed by atoms with E-state index >= 15 is 0 Å². The standard InChI is InChI=1S/C31H41N7O7/c1-18-15-20(29(42)44-2)17-21(30(43)45-3)25(18)37-26(39)24(12-8-14-36-31(33)34)38(28(41)23-11-7-13-35-23)27(40)22(32)16-19-9-5-4-6-10-19/h4-6,9-10,15,17,22-24,35H,7-8,11-14,16,32H2,1-3H3,(H,37,39)(H4,33,34,36)/t22-,23-,24-/m0/s1. The highest BCUT2D eigenvalue weighted by Gasteiger charge is 2.41. The van der Waals surface area contributed by atoms with Crippen molar-refractivity contribution in [2.75, 3.05) is 32.6 Å². The number of nitrogens with zero attached hydrogens (tertiary/aromatic N) is 2. The molecule has 0 saturated carbocycles. The van der Waals surface area contributed by atoms with Crippen molar-refractivity contribution >= 4 is 41.3 Å². The van der Waals surface area contributed by atoms with Gasteiger partial charge in [-0.2, -0.15) is 0 Å². The minimum atomic E-state index is -1.35. The van der Waals surface area contributed by atoms with Crippen molar-refractivity contribution in [3.05, 3.63) is 64.7 Å². The lowest BCUT2D eigenvalue weighted by atomic mass is 10.00. The molecule has 1 aliphatic heterocycles. The molecule has 45 heavy (non-hydrogen) atoms. The van der Waals surface area contributed by atoms with E-state index in [1.54, 1.807) is 6.92 Å². The Hall–Kier alpha value is -4.82. The van der Waals surface area contributed by atoms with Gasteiger partial charge in [0.25, 0.3) is 0 Å². The number of methoxy groups -OCH3 is 2. The number of carbonyl (C=O) groups excluding carboxylic acids is 5. The summed E-state index contributed by atoms with van der Waals surface area (Å²) in [6.07, 6.45) is 1.52. The molecule has 0 radical (unpaired) electrons. The van der Waals surface area contributed by atoms with Crippen molar-refractivity contribution in [1.29, 1.82) is 0 Å². The molecule has 1 saturated heterocycles. The summed E-state index contributed by atoms with van der Waals surface area (Å²) in [4.78, 5) is 72.0. The number of nitrogens with two attached hydrogens (primary N) is 3. The summed E-state index contributed by atoms with van der Waals surface area (Å²) in [5.41, 5.74) is 18.4. The Morgan fingerprint density at radius 3 is 2.36 bits per heavy atom. The van der Waals surface area contributed by atoms with E-state index in [9.17, 15) is 24.0 Å². The summed E-state index contributed by atoms with van der Waals surface area (Å²) in [6, 6.07) is 8.56. The van der Waals surface area contributed by atoms with Crippen LogP contribution in [0, 0.1) is 6.92 Å². The molecule has 2 aromatic rings. The van der Waals surface area contributed by atoms with Gasteiger partial charge in [-0.15, -0.1) is 0 Å². The monoisotopic (exact) mass is 623 g/mol. The van der Waals surface area contributed by atoms with Crippen LogP contribution in [0.25, 0.3) is 0 Å². The van der Waals surface area contributed by atoms with Gasteiger partial charge in [0.1, 0.15) is 6.04 Å². The lowest BCUT2D eigenvalue weighted by Crippen LogP contribution is -2.59. The van der Waals surface area contributed by atoms with E-state index in [4.69, 9.17) is 26.7 Å². The number of benzene rings is 2. The molecule has 14 nitrogen and oxygen atoms in total. The number of rotatable bonds is 13. The lowest BCUT2D eigenvalue weighted by molar-refractivity contribution is -0.153. The number of hydrogen-bond acceptors (Lipinski definition) is 10. The van der Waals surface area contributed by atoms with E-state index in [1.165, 1.54) is 19.2 Å². The van der Waals surface area contributed by atoms with Crippen LogP contribution in [0.3, 0.4) is 0 Å². The predicted octanol–water partition coefficient (Wildman–Crippen LogP) is 0.606. The van der Waals surface area contributed by atoms with Gasteiger partial charge in [0.2, 0.25) is 17.7 Å². The Morgan fingerprint density at radius 2 is 1.76 bits per heavy atom. The number of guanidine groups is 1. The van der Waals surface area contributed by atoms with Crippen molar-refractivity contribution in [1.82, 2.24) is 10.2 Å². The fourth-order valence-electron chi connectivity index (χ4n) is 5.15. The number of imide groups is 1. The van der Waals surface area contributed by atoms with Crippen molar-refractivity contribution in [3.8, 4) is 0 Å². The average molecular weight is 624 g/mol. The van der Waals surface area contributed by atoms with Crippen LogP contribution >= 0.6 is 0 Å². The number of ether oxygens (including phenoxy) is 2. The molecule has 0 aromatic heterocycles. The van der Waals surface area contributed by atoms with Gasteiger partial charge in [0.15, 0.2) is 5.96 Å². The number of anilines is 1. The summed E-state index contributed by atoms with van der Waals surface area (Å²) in [6.45, 7) is 2.28. The first kappa shape index (κ1) is 34.7. The number of hydrogen-bond donors (Lipinski definition) is 5. The van der Waals surface area contributed by atoms with E-state index in [1.807, 2.05) is 30.3 Å². The Morgan fingerprint density at radius 1 is 1.07 bits per heavy atom. The number of carbonyl (C=O) groups is 5. The van der Waals surface area contributed by atoms with Crippen molar-refractivity contribution in [2.24, 2.45) is 22.2 Å². The summed E-state index contributed by atoms with van der Waals surface area (Å²) in [5.74, 6) is -3.75. The normalized spacial score (nSPS) is 15.3. The number of aliphatic imine (C=N–C) groups is 1. The van der Waals surface area contributed by atoms with Gasteiger partial charge < -0.3 is 37.3 Å². The van der Waals surface area contributed by atoms with Gasteiger partial charge in [0, 0.05) is 6.54 Å². The molecule has 242 valence electrons. The fraction of sp³-hybridized carbons (Fsp3) is 0.419. The van der Waals surface area contributed by atoms with Crippen LogP contribution in [-0.2, 0) is 30.3 Å². The summed E-state index contributed by atoms with van der Waals surface area (Å²) in [7, 11) is 2.35. The van der Waals surface area contributed by atoms with Gasteiger partial charge in [-0.25, -0.2) is 9.59 Å². The molecule has 0 unspecified atom stereocenters. The maximum Gasteiger partial charge on any atom is 0.340 e. The molecule has 2 aromatic carbocycles. The van der Waals surface area contributed by atoms with Crippen molar-refractivity contribution in [2.45, 2.75) is 57.2 Å². The van der Waals surface area contributed by atoms with E-state index < -0.39 is 47.8 Å². The molecular weight excluding hydrogens is 582 g/mol. The molecule has 1 heterocycles. The Bertz CT molecular complexity index is 1420. The van der Waals surface area contributed by atoms with E-state index in [0.717, 1.165) is 17.6 Å². The van der Waals surface area contributed by atoms with E-state index in [2.05, 4.69) is 15.6 Å². The molecule has 0 aliphatic carbocycles. The molecule has 3 atom stereocenters. The third-order valence-electron chi connectivity index (χ3n) is 7.40. The molecule has 3 amide bonds. The largest absolute Gasteiger partial charge is 0.465 e. The molecule has 3 rings (SSSR count). The third-order valence-corrected chi connectivity index (χ3v) is 7.40. The highest BCUT2D eigenvalue weighted by Crippen LogP contribution is 2.26. The van der Waals surface area contributed by atoms with Crippen LogP contribution in [0.5, 0.6) is 0 Å². The summed E-state index contributed by atoms with van der Waals surface area (Å²) >= 11 is 0.